The van der Waals surface area contributed by atoms with Gasteiger partial charge in [-0.25, -0.2) is 4.98 Å². The van der Waals surface area contributed by atoms with Crippen LogP contribution >= 0.6 is 11.3 Å². The van der Waals surface area contributed by atoms with Crippen LogP contribution < -0.4 is 5.32 Å². The van der Waals surface area contributed by atoms with Crippen LogP contribution in [0.25, 0.3) is 0 Å². The average molecular weight is 320 g/mol. The molecule has 2 aromatic rings. The Hall–Kier alpha value is -1.82. The fourth-order valence-electron chi connectivity index (χ4n) is 1.99. The van der Waals surface area contributed by atoms with E-state index in [0.717, 1.165) is 22.4 Å². The lowest BCUT2D eigenvalue weighted by Gasteiger charge is -2.20. The molecule has 22 heavy (non-hydrogen) atoms. The normalized spacial score (nSPS) is 12.5. The molecule has 0 saturated heterocycles. The number of hydrogen-bond acceptors (Lipinski definition) is 4. The first kappa shape index (κ1) is 16.5. The Bertz CT molecular complexity index is 610. The van der Waals surface area contributed by atoms with Gasteiger partial charge >= 0.3 is 0 Å². The lowest BCUT2D eigenvalue weighted by molar-refractivity contribution is 0.400. The van der Waals surface area contributed by atoms with Crippen molar-refractivity contribution in [2.45, 2.75) is 39.3 Å². The Morgan fingerprint density at radius 1 is 1.45 bits per heavy atom. The van der Waals surface area contributed by atoms with E-state index < -0.39 is 0 Å². The van der Waals surface area contributed by atoms with Crippen LogP contribution in [0.1, 0.15) is 37.2 Å². The van der Waals surface area contributed by atoms with Crippen molar-refractivity contribution < 1.29 is 4.42 Å². The Labute approximate surface area is 136 Å². The van der Waals surface area contributed by atoms with E-state index in [-0.39, 0.29) is 5.41 Å². The van der Waals surface area contributed by atoms with Crippen LogP contribution in [0.15, 0.2) is 33.2 Å². The van der Waals surface area contributed by atoms with E-state index in [1.807, 2.05) is 24.1 Å². The summed E-state index contributed by atoms with van der Waals surface area (Å²) in [6, 6.07) is 3.85. The van der Waals surface area contributed by atoms with Gasteiger partial charge in [-0.1, -0.05) is 20.8 Å². The summed E-state index contributed by atoms with van der Waals surface area (Å²) in [6.45, 7) is 7.88. The minimum atomic E-state index is 0.0898. The molecule has 0 aliphatic heterocycles. The summed E-state index contributed by atoms with van der Waals surface area (Å²) in [6.07, 6.45) is 1.68. The highest BCUT2D eigenvalue weighted by Crippen LogP contribution is 2.23. The minimum Gasteiger partial charge on any atom is -0.467 e. The number of aromatic nitrogens is 1. The Morgan fingerprint density at radius 3 is 2.77 bits per heavy atom. The van der Waals surface area contributed by atoms with E-state index in [4.69, 9.17) is 4.42 Å². The maximum atomic E-state index is 5.37. The van der Waals surface area contributed by atoms with Crippen LogP contribution in [0.3, 0.4) is 0 Å². The van der Waals surface area contributed by atoms with E-state index in [0.29, 0.717) is 13.1 Å². The quantitative estimate of drug-likeness (QED) is 0.694. The van der Waals surface area contributed by atoms with Gasteiger partial charge in [0.15, 0.2) is 5.96 Å². The van der Waals surface area contributed by atoms with Crippen molar-refractivity contribution in [2.75, 3.05) is 14.1 Å². The Kier molecular flexibility index (Phi) is 5.24. The Balaban J connectivity index is 1.92. The molecule has 5 nitrogen and oxygen atoms in total. The molecule has 0 spiro atoms. The molecule has 2 aromatic heterocycles. The van der Waals surface area contributed by atoms with Crippen molar-refractivity contribution in [3.05, 3.63) is 40.2 Å². The number of thiazole rings is 1. The smallest absolute Gasteiger partial charge is 0.194 e. The van der Waals surface area contributed by atoms with Gasteiger partial charge in [-0.2, -0.15) is 0 Å². The molecule has 6 heteroatoms. The van der Waals surface area contributed by atoms with E-state index in [2.05, 4.69) is 41.4 Å². The first-order chi connectivity index (χ1) is 10.4. The monoisotopic (exact) mass is 320 g/mol. The third-order valence-electron chi connectivity index (χ3n) is 3.26. The molecule has 2 heterocycles. The average Bonchev–Trinajstić information content (AvgIpc) is 3.09. The summed E-state index contributed by atoms with van der Waals surface area (Å²) >= 11 is 1.68. The standard InChI is InChI=1S/C16H24N4OS/c1-16(2,3)13-11-22-14(19-13)9-18-15(17-4)20(5)10-12-7-6-8-21-12/h6-8,11H,9-10H2,1-5H3,(H,17,18). The first-order valence-corrected chi connectivity index (χ1v) is 8.17. The van der Waals surface area contributed by atoms with Gasteiger partial charge in [0.05, 0.1) is 25.0 Å². The van der Waals surface area contributed by atoms with Gasteiger partial charge in [0.25, 0.3) is 0 Å². The van der Waals surface area contributed by atoms with Crippen molar-refractivity contribution in [1.82, 2.24) is 15.2 Å². The molecular formula is C16H24N4OS. The van der Waals surface area contributed by atoms with Gasteiger partial charge in [0.2, 0.25) is 0 Å². The van der Waals surface area contributed by atoms with Crippen LogP contribution in [0.2, 0.25) is 0 Å². The molecule has 0 atom stereocenters. The molecule has 0 amide bonds. The summed E-state index contributed by atoms with van der Waals surface area (Å²) < 4.78 is 5.37. The zero-order valence-corrected chi connectivity index (χ0v) is 14.7. The molecule has 2 rings (SSSR count). The predicted molar refractivity (Wildman–Crippen MR) is 91.2 cm³/mol. The van der Waals surface area contributed by atoms with E-state index in [1.54, 1.807) is 24.6 Å². The maximum Gasteiger partial charge on any atom is 0.194 e. The zero-order valence-electron chi connectivity index (χ0n) is 13.9. The summed E-state index contributed by atoms with van der Waals surface area (Å²) in [5.41, 5.74) is 1.22. The highest BCUT2D eigenvalue weighted by atomic mass is 32.1. The minimum absolute atomic E-state index is 0.0898. The molecule has 0 unspecified atom stereocenters. The van der Waals surface area contributed by atoms with Crippen LogP contribution in [-0.2, 0) is 18.5 Å². The number of rotatable bonds is 4. The third-order valence-corrected chi connectivity index (χ3v) is 4.11. The van der Waals surface area contributed by atoms with Gasteiger partial charge in [-0.15, -0.1) is 11.3 Å². The molecule has 0 fully saturated rings. The van der Waals surface area contributed by atoms with Crippen LogP contribution in [0, 0.1) is 0 Å². The number of nitrogens with one attached hydrogen (secondary N) is 1. The number of hydrogen-bond donors (Lipinski definition) is 1. The summed E-state index contributed by atoms with van der Waals surface area (Å²) in [4.78, 5) is 11.0. The van der Waals surface area contributed by atoms with Gasteiger partial charge in [0, 0.05) is 24.9 Å². The fourth-order valence-corrected chi connectivity index (χ4v) is 2.95. The number of guanidine groups is 1. The highest BCUT2D eigenvalue weighted by molar-refractivity contribution is 7.09. The molecule has 0 bridgehead atoms. The van der Waals surface area contributed by atoms with E-state index >= 15 is 0 Å². The second kappa shape index (κ2) is 6.96. The third kappa shape index (κ3) is 4.34. The summed E-state index contributed by atoms with van der Waals surface area (Å²) in [5.74, 6) is 1.73. The molecule has 0 aromatic carbocycles. The SMILES string of the molecule is CN=C(NCc1nc(C(C)(C)C)cs1)N(C)Cc1ccco1. The molecule has 0 aliphatic carbocycles. The molecule has 0 saturated carbocycles. The van der Waals surface area contributed by atoms with Crippen molar-refractivity contribution in [1.29, 1.82) is 0 Å². The Morgan fingerprint density at radius 2 is 2.23 bits per heavy atom. The second-order valence-corrected chi connectivity index (χ2v) is 7.16. The van der Waals surface area contributed by atoms with Crippen molar-refractivity contribution in [3.8, 4) is 0 Å². The molecule has 0 aliphatic rings. The van der Waals surface area contributed by atoms with Gasteiger partial charge in [0.1, 0.15) is 10.8 Å². The molecule has 0 radical (unpaired) electrons. The van der Waals surface area contributed by atoms with E-state index in [1.165, 1.54) is 0 Å². The van der Waals surface area contributed by atoms with Gasteiger partial charge in [-0.3, -0.25) is 4.99 Å². The lowest BCUT2D eigenvalue weighted by atomic mass is 9.93. The van der Waals surface area contributed by atoms with Crippen LogP contribution in [0.4, 0.5) is 0 Å². The first-order valence-electron chi connectivity index (χ1n) is 7.29. The second-order valence-electron chi connectivity index (χ2n) is 6.21. The fraction of sp³-hybridized carbons (Fsp3) is 0.500. The predicted octanol–water partition coefficient (Wildman–Crippen LogP) is 3.24. The summed E-state index contributed by atoms with van der Waals surface area (Å²) in [7, 11) is 3.77. The maximum absolute atomic E-state index is 5.37. The molecular weight excluding hydrogens is 296 g/mol. The van der Waals surface area contributed by atoms with Gasteiger partial charge in [-0.05, 0) is 12.1 Å². The topological polar surface area (TPSA) is 53.7 Å². The molecule has 1 N–H and O–H groups in total. The van der Waals surface area contributed by atoms with E-state index in [9.17, 15) is 0 Å². The highest BCUT2D eigenvalue weighted by Gasteiger charge is 2.17. The number of aliphatic imine (C=N–C) groups is 1. The number of furan rings is 1. The van der Waals surface area contributed by atoms with Crippen molar-refractivity contribution in [3.63, 3.8) is 0 Å². The zero-order chi connectivity index (χ0) is 16.2. The van der Waals surface area contributed by atoms with Gasteiger partial charge < -0.3 is 14.6 Å². The van der Waals surface area contributed by atoms with Crippen molar-refractivity contribution >= 4 is 17.3 Å². The summed E-state index contributed by atoms with van der Waals surface area (Å²) in [5, 5.41) is 6.54. The lowest BCUT2D eigenvalue weighted by Crippen LogP contribution is -2.37. The van der Waals surface area contributed by atoms with Crippen LogP contribution in [-0.4, -0.2) is 29.9 Å². The molecule has 120 valence electrons. The van der Waals surface area contributed by atoms with Crippen molar-refractivity contribution in [2.24, 2.45) is 4.99 Å². The number of nitrogens with zero attached hydrogens (tertiary/aromatic N) is 3. The van der Waals surface area contributed by atoms with Crippen LogP contribution in [0.5, 0.6) is 0 Å². The largest absolute Gasteiger partial charge is 0.467 e.